The van der Waals surface area contributed by atoms with Crippen LogP contribution in [0.5, 0.6) is 0 Å². The predicted octanol–water partition coefficient (Wildman–Crippen LogP) is 2.48. The van der Waals surface area contributed by atoms with Crippen LogP contribution in [0.15, 0.2) is 12.1 Å². The first-order valence-corrected chi connectivity index (χ1v) is 6.06. The highest BCUT2D eigenvalue weighted by molar-refractivity contribution is 5.94. The second kappa shape index (κ2) is 7.52. The van der Waals surface area contributed by atoms with E-state index in [4.69, 9.17) is 5.11 Å². The summed E-state index contributed by atoms with van der Waals surface area (Å²) in [6, 6.07) is 0.871. The van der Waals surface area contributed by atoms with Gasteiger partial charge in [-0.1, -0.05) is 6.42 Å². The maximum Gasteiger partial charge on any atom is 0.303 e. The quantitative estimate of drug-likeness (QED) is 0.758. The molecule has 1 amide bonds. The van der Waals surface area contributed by atoms with Gasteiger partial charge in [0.05, 0.1) is 0 Å². The van der Waals surface area contributed by atoms with Crippen molar-refractivity contribution < 1.29 is 27.9 Å². The molecular formula is C13H14F3NO3. The molecule has 1 rings (SSSR count). The van der Waals surface area contributed by atoms with Crippen molar-refractivity contribution in [1.29, 1.82) is 0 Å². The number of hydrogen-bond acceptors (Lipinski definition) is 2. The summed E-state index contributed by atoms with van der Waals surface area (Å²) in [4.78, 5) is 21.8. The van der Waals surface area contributed by atoms with Crippen molar-refractivity contribution in [2.24, 2.45) is 0 Å². The van der Waals surface area contributed by atoms with Gasteiger partial charge in [-0.05, 0) is 12.8 Å². The number of aliphatic carboxylic acids is 1. The molecule has 0 spiro atoms. The summed E-state index contributed by atoms with van der Waals surface area (Å²) in [5.41, 5.74) is -0.822. The molecule has 1 aromatic rings. The lowest BCUT2D eigenvalue weighted by Crippen LogP contribution is -2.26. The second-order valence-corrected chi connectivity index (χ2v) is 4.20. The Balaban J connectivity index is 2.42. The van der Waals surface area contributed by atoms with E-state index in [2.05, 4.69) is 5.32 Å². The number of hydrogen-bond donors (Lipinski definition) is 2. The molecular weight excluding hydrogens is 275 g/mol. The minimum Gasteiger partial charge on any atom is -0.481 e. The van der Waals surface area contributed by atoms with Crippen LogP contribution in [0, 0.1) is 17.5 Å². The Kier molecular flexibility index (Phi) is 6.02. The molecule has 0 aliphatic heterocycles. The van der Waals surface area contributed by atoms with Crippen molar-refractivity contribution in [1.82, 2.24) is 5.32 Å². The van der Waals surface area contributed by atoms with Crippen LogP contribution in [0.1, 0.15) is 36.0 Å². The topological polar surface area (TPSA) is 66.4 Å². The Hall–Kier alpha value is -2.05. The Bertz CT molecular complexity index is 483. The van der Waals surface area contributed by atoms with Crippen molar-refractivity contribution in [2.75, 3.05) is 6.54 Å². The monoisotopic (exact) mass is 289 g/mol. The molecule has 2 N–H and O–H groups in total. The van der Waals surface area contributed by atoms with Gasteiger partial charge in [0.1, 0.15) is 23.0 Å². The van der Waals surface area contributed by atoms with E-state index >= 15 is 0 Å². The molecule has 0 aliphatic carbocycles. The average Bonchev–Trinajstić information content (AvgIpc) is 2.31. The van der Waals surface area contributed by atoms with Crippen LogP contribution in [0.2, 0.25) is 0 Å². The third-order valence-corrected chi connectivity index (χ3v) is 2.59. The summed E-state index contributed by atoms with van der Waals surface area (Å²) >= 11 is 0. The van der Waals surface area contributed by atoms with Crippen LogP contribution >= 0.6 is 0 Å². The van der Waals surface area contributed by atoms with Crippen LogP contribution < -0.4 is 5.32 Å². The minimum atomic E-state index is -1.26. The number of benzene rings is 1. The number of carbonyl (C=O) groups is 2. The van der Waals surface area contributed by atoms with E-state index in [-0.39, 0.29) is 13.0 Å². The summed E-state index contributed by atoms with van der Waals surface area (Å²) in [6.45, 7) is 0.161. The molecule has 20 heavy (non-hydrogen) atoms. The summed E-state index contributed by atoms with van der Waals surface area (Å²) in [5.74, 6) is -5.47. The maximum absolute atomic E-state index is 13.3. The number of nitrogens with one attached hydrogen (secondary N) is 1. The van der Waals surface area contributed by atoms with Gasteiger partial charge >= 0.3 is 5.97 Å². The summed E-state index contributed by atoms with van der Waals surface area (Å²) in [5, 5.41) is 10.7. The number of carbonyl (C=O) groups excluding carboxylic acids is 1. The maximum atomic E-state index is 13.3. The fourth-order valence-corrected chi connectivity index (χ4v) is 1.63. The molecule has 0 saturated carbocycles. The number of halogens is 3. The first kappa shape index (κ1) is 16.0. The average molecular weight is 289 g/mol. The van der Waals surface area contributed by atoms with Gasteiger partial charge in [-0.2, -0.15) is 0 Å². The number of carboxylic acid groups (broad SMARTS) is 1. The lowest BCUT2D eigenvalue weighted by atomic mass is 10.1. The van der Waals surface area contributed by atoms with Crippen molar-refractivity contribution in [2.45, 2.75) is 25.7 Å². The zero-order chi connectivity index (χ0) is 15.1. The van der Waals surface area contributed by atoms with E-state index in [0.29, 0.717) is 31.4 Å². The summed E-state index contributed by atoms with van der Waals surface area (Å²) in [7, 11) is 0. The molecule has 0 aliphatic rings. The molecule has 0 unspecified atom stereocenters. The standard InChI is InChI=1S/C13H14F3NO3/c14-8-6-9(15)12(10(16)7-8)13(20)17-5-3-1-2-4-11(18)19/h6-7H,1-5H2,(H,17,20)(H,18,19). The van der Waals surface area contributed by atoms with Gasteiger partial charge in [0.25, 0.3) is 5.91 Å². The van der Waals surface area contributed by atoms with Gasteiger partial charge in [0, 0.05) is 25.1 Å². The molecule has 0 heterocycles. The zero-order valence-electron chi connectivity index (χ0n) is 10.6. The molecule has 0 bridgehead atoms. The highest BCUT2D eigenvalue weighted by atomic mass is 19.1. The SMILES string of the molecule is O=C(O)CCCCCNC(=O)c1c(F)cc(F)cc1F. The van der Waals surface area contributed by atoms with E-state index in [0.717, 1.165) is 0 Å². The third kappa shape index (κ3) is 4.91. The molecule has 0 aromatic heterocycles. The van der Waals surface area contributed by atoms with Crippen molar-refractivity contribution in [3.63, 3.8) is 0 Å². The van der Waals surface area contributed by atoms with Crippen molar-refractivity contribution in [3.8, 4) is 0 Å². The number of unbranched alkanes of at least 4 members (excludes halogenated alkanes) is 2. The Morgan fingerprint density at radius 1 is 1.05 bits per heavy atom. The van der Waals surface area contributed by atoms with Gasteiger partial charge in [-0.25, -0.2) is 13.2 Å². The molecule has 0 fully saturated rings. The summed E-state index contributed by atoms with van der Waals surface area (Å²) in [6.07, 6.45) is 1.56. The lowest BCUT2D eigenvalue weighted by molar-refractivity contribution is -0.137. The van der Waals surface area contributed by atoms with Crippen molar-refractivity contribution >= 4 is 11.9 Å². The molecule has 110 valence electrons. The molecule has 0 atom stereocenters. The first-order valence-electron chi connectivity index (χ1n) is 6.06. The van der Waals surface area contributed by atoms with E-state index in [1.54, 1.807) is 0 Å². The molecule has 4 nitrogen and oxygen atoms in total. The molecule has 7 heteroatoms. The summed E-state index contributed by atoms with van der Waals surface area (Å²) < 4.78 is 39.2. The van der Waals surface area contributed by atoms with E-state index in [1.165, 1.54) is 0 Å². The van der Waals surface area contributed by atoms with Gasteiger partial charge in [-0.3, -0.25) is 9.59 Å². The molecule has 0 saturated heterocycles. The van der Waals surface area contributed by atoms with Gasteiger partial charge < -0.3 is 10.4 Å². The van der Waals surface area contributed by atoms with Crippen molar-refractivity contribution in [3.05, 3.63) is 35.1 Å². The molecule has 1 aromatic carbocycles. The molecule has 0 radical (unpaired) electrons. The normalized spacial score (nSPS) is 10.3. The fraction of sp³-hybridized carbons (Fsp3) is 0.385. The first-order chi connectivity index (χ1) is 9.41. The van der Waals surface area contributed by atoms with E-state index in [1.807, 2.05) is 0 Å². The smallest absolute Gasteiger partial charge is 0.303 e. The van der Waals surface area contributed by atoms with Crippen LogP contribution in [-0.2, 0) is 4.79 Å². The van der Waals surface area contributed by atoms with Crippen LogP contribution in [-0.4, -0.2) is 23.5 Å². The highest BCUT2D eigenvalue weighted by Crippen LogP contribution is 2.14. The van der Waals surface area contributed by atoms with E-state index in [9.17, 15) is 22.8 Å². The van der Waals surface area contributed by atoms with Gasteiger partial charge in [-0.15, -0.1) is 0 Å². The van der Waals surface area contributed by atoms with Crippen LogP contribution in [0.25, 0.3) is 0 Å². The lowest BCUT2D eigenvalue weighted by Gasteiger charge is -2.07. The number of amides is 1. The number of rotatable bonds is 7. The Morgan fingerprint density at radius 3 is 2.20 bits per heavy atom. The van der Waals surface area contributed by atoms with E-state index < -0.39 is 34.9 Å². The fourth-order valence-electron chi connectivity index (χ4n) is 1.63. The largest absolute Gasteiger partial charge is 0.481 e. The van der Waals surface area contributed by atoms with Gasteiger partial charge in [0.15, 0.2) is 0 Å². The number of carboxylic acids is 1. The predicted molar refractivity (Wildman–Crippen MR) is 64.8 cm³/mol. The second-order valence-electron chi connectivity index (χ2n) is 4.20. The highest BCUT2D eigenvalue weighted by Gasteiger charge is 2.18. The minimum absolute atomic E-state index is 0.0369. The van der Waals surface area contributed by atoms with Crippen LogP contribution in [0.3, 0.4) is 0 Å². The Morgan fingerprint density at radius 2 is 1.65 bits per heavy atom. The van der Waals surface area contributed by atoms with Gasteiger partial charge in [0.2, 0.25) is 0 Å². The third-order valence-electron chi connectivity index (χ3n) is 2.59. The Labute approximate surface area is 113 Å². The zero-order valence-corrected chi connectivity index (χ0v) is 10.6. The van der Waals surface area contributed by atoms with Crippen LogP contribution in [0.4, 0.5) is 13.2 Å².